The summed E-state index contributed by atoms with van der Waals surface area (Å²) in [6.07, 6.45) is -3.62. The van der Waals surface area contributed by atoms with E-state index in [1.165, 1.54) is 32.2 Å². The van der Waals surface area contributed by atoms with Gasteiger partial charge in [0, 0.05) is 29.3 Å². The molecule has 33 heavy (non-hydrogen) atoms. The average molecular weight is 486 g/mol. The summed E-state index contributed by atoms with van der Waals surface area (Å²) in [6, 6.07) is 1.19. The van der Waals surface area contributed by atoms with Crippen molar-refractivity contribution in [1.82, 2.24) is 9.97 Å². The van der Waals surface area contributed by atoms with E-state index < -0.39 is 46.6 Å². The molecule has 0 fully saturated rings. The molecule has 0 radical (unpaired) electrons. The predicted octanol–water partition coefficient (Wildman–Crippen LogP) is 5.83. The predicted molar refractivity (Wildman–Crippen MR) is 113 cm³/mol. The third kappa shape index (κ3) is 3.57. The van der Waals surface area contributed by atoms with Crippen LogP contribution in [0.15, 0.2) is 30.5 Å². The molecule has 1 heterocycles. The summed E-state index contributed by atoms with van der Waals surface area (Å²) in [4.78, 5) is 7.97. The molecule has 0 aliphatic heterocycles. The maximum Gasteiger partial charge on any atom is 0.419 e. The SMILES string of the molecule is CC=C1CC(O)(C(F)(F)F)C(Nc2ccc(F)c3nc(C)ncc23)c2cc(Cl)c(F)c(O)c21. The van der Waals surface area contributed by atoms with Crippen molar-refractivity contribution >= 4 is 33.8 Å². The van der Waals surface area contributed by atoms with Crippen molar-refractivity contribution in [3.63, 3.8) is 0 Å². The fourth-order valence-electron chi connectivity index (χ4n) is 4.10. The molecule has 4 rings (SSSR count). The highest BCUT2D eigenvalue weighted by Gasteiger charge is 2.62. The minimum Gasteiger partial charge on any atom is -0.504 e. The second-order valence-electron chi connectivity index (χ2n) is 7.75. The van der Waals surface area contributed by atoms with Crippen molar-refractivity contribution < 1.29 is 32.2 Å². The summed E-state index contributed by atoms with van der Waals surface area (Å²) >= 11 is 5.84. The minimum absolute atomic E-state index is 0.00566. The maximum atomic E-state index is 14.3. The molecule has 0 amide bonds. The lowest BCUT2D eigenvalue weighted by molar-refractivity contribution is -0.265. The Morgan fingerprint density at radius 3 is 2.61 bits per heavy atom. The summed E-state index contributed by atoms with van der Waals surface area (Å²) in [6.45, 7) is 2.93. The zero-order chi connectivity index (χ0) is 24.3. The van der Waals surface area contributed by atoms with Crippen LogP contribution in [0.25, 0.3) is 16.5 Å². The number of nitrogens with one attached hydrogen (secondary N) is 1. The van der Waals surface area contributed by atoms with Crippen LogP contribution in [0.3, 0.4) is 0 Å². The fourth-order valence-corrected chi connectivity index (χ4v) is 4.31. The molecule has 0 saturated carbocycles. The van der Waals surface area contributed by atoms with Gasteiger partial charge in [0.15, 0.2) is 17.2 Å². The van der Waals surface area contributed by atoms with Crippen LogP contribution in [0.2, 0.25) is 5.02 Å². The lowest BCUT2D eigenvalue weighted by atomic mass is 9.72. The van der Waals surface area contributed by atoms with E-state index >= 15 is 0 Å². The number of benzene rings is 2. The van der Waals surface area contributed by atoms with E-state index in [1.807, 2.05) is 0 Å². The Balaban J connectivity index is 2.00. The molecule has 11 heteroatoms. The van der Waals surface area contributed by atoms with Gasteiger partial charge < -0.3 is 15.5 Å². The summed E-state index contributed by atoms with van der Waals surface area (Å²) in [5, 5.41) is 23.4. The Bertz CT molecular complexity index is 1310. The summed E-state index contributed by atoms with van der Waals surface area (Å²) < 4.78 is 71.3. The first-order valence-corrected chi connectivity index (χ1v) is 10.1. The largest absolute Gasteiger partial charge is 0.504 e. The Morgan fingerprint density at radius 1 is 1.27 bits per heavy atom. The number of allylic oxidation sites excluding steroid dienone is 1. The highest BCUT2D eigenvalue weighted by atomic mass is 35.5. The summed E-state index contributed by atoms with van der Waals surface area (Å²) in [5.74, 6) is -2.58. The molecule has 3 N–H and O–H groups in total. The number of aliphatic hydroxyl groups is 1. The van der Waals surface area contributed by atoms with Crippen molar-refractivity contribution in [2.45, 2.75) is 38.1 Å². The van der Waals surface area contributed by atoms with Crippen LogP contribution in [0.4, 0.5) is 27.6 Å². The van der Waals surface area contributed by atoms with Crippen molar-refractivity contribution in [2.24, 2.45) is 0 Å². The molecule has 3 aromatic rings. The van der Waals surface area contributed by atoms with Gasteiger partial charge in [-0.15, -0.1) is 0 Å². The van der Waals surface area contributed by atoms with E-state index in [0.29, 0.717) is 0 Å². The second kappa shape index (κ2) is 7.81. The van der Waals surface area contributed by atoms with E-state index in [1.54, 1.807) is 0 Å². The van der Waals surface area contributed by atoms with Crippen molar-refractivity contribution in [3.8, 4) is 5.75 Å². The number of fused-ring (bicyclic) bond motifs is 2. The molecule has 0 bridgehead atoms. The topological polar surface area (TPSA) is 78.3 Å². The number of hydrogen-bond donors (Lipinski definition) is 3. The number of phenols is 1. The molecular formula is C22H17ClF5N3O2. The summed E-state index contributed by atoms with van der Waals surface area (Å²) in [5.41, 5.74) is -4.10. The molecule has 1 aromatic heterocycles. The molecule has 2 unspecified atom stereocenters. The Hall–Kier alpha value is -2.98. The summed E-state index contributed by atoms with van der Waals surface area (Å²) in [7, 11) is 0. The third-order valence-corrected chi connectivity index (χ3v) is 6.03. The van der Waals surface area contributed by atoms with E-state index in [4.69, 9.17) is 11.6 Å². The zero-order valence-corrected chi connectivity index (χ0v) is 18.0. The third-order valence-electron chi connectivity index (χ3n) is 5.76. The molecule has 5 nitrogen and oxygen atoms in total. The number of hydrogen-bond acceptors (Lipinski definition) is 5. The maximum absolute atomic E-state index is 14.3. The van der Waals surface area contributed by atoms with Gasteiger partial charge in [-0.1, -0.05) is 17.7 Å². The highest BCUT2D eigenvalue weighted by molar-refractivity contribution is 6.31. The van der Waals surface area contributed by atoms with E-state index in [2.05, 4.69) is 15.3 Å². The number of halogens is 6. The number of rotatable bonds is 2. The number of phenolic OH excluding ortho intramolecular Hbond substituents is 1. The van der Waals surface area contributed by atoms with Crippen LogP contribution in [0, 0.1) is 18.6 Å². The molecule has 0 spiro atoms. The van der Waals surface area contributed by atoms with Gasteiger partial charge in [-0.3, -0.25) is 0 Å². The number of aromatic nitrogens is 2. The van der Waals surface area contributed by atoms with Crippen LogP contribution < -0.4 is 5.32 Å². The number of aryl methyl sites for hydroxylation is 1. The number of alkyl halides is 3. The van der Waals surface area contributed by atoms with Gasteiger partial charge in [-0.25, -0.2) is 18.7 Å². The lowest BCUT2D eigenvalue weighted by Crippen LogP contribution is -2.54. The van der Waals surface area contributed by atoms with Crippen molar-refractivity contribution in [1.29, 1.82) is 0 Å². The Labute approximate surface area is 189 Å². The first kappa shape index (κ1) is 23.2. The van der Waals surface area contributed by atoms with Crippen LogP contribution in [0.5, 0.6) is 5.75 Å². The van der Waals surface area contributed by atoms with Gasteiger partial charge >= 0.3 is 6.18 Å². The van der Waals surface area contributed by atoms with E-state index in [-0.39, 0.29) is 39.1 Å². The minimum atomic E-state index is -5.14. The van der Waals surface area contributed by atoms with Gasteiger partial charge in [0.2, 0.25) is 0 Å². The zero-order valence-electron chi connectivity index (χ0n) is 17.2. The van der Waals surface area contributed by atoms with Crippen LogP contribution in [-0.4, -0.2) is 32.0 Å². The van der Waals surface area contributed by atoms with Crippen LogP contribution >= 0.6 is 11.6 Å². The molecule has 2 aromatic carbocycles. The number of nitrogens with zero attached hydrogens (tertiary/aromatic N) is 2. The first-order valence-electron chi connectivity index (χ1n) is 9.73. The number of anilines is 1. The molecule has 1 aliphatic carbocycles. The first-order chi connectivity index (χ1) is 15.4. The highest BCUT2D eigenvalue weighted by Crippen LogP contribution is 2.55. The Morgan fingerprint density at radius 2 is 1.97 bits per heavy atom. The average Bonchev–Trinajstić information content (AvgIpc) is 2.74. The van der Waals surface area contributed by atoms with Crippen molar-refractivity contribution in [2.75, 3.05) is 5.32 Å². The van der Waals surface area contributed by atoms with Gasteiger partial charge in [0.25, 0.3) is 0 Å². The second-order valence-corrected chi connectivity index (χ2v) is 8.16. The van der Waals surface area contributed by atoms with Gasteiger partial charge in [-0.05, 0) is 43.2 Å². The molecular weight excluding hydrogens is 469 g/mol. The van der Waals surface area contributed by atoms with E-state index in [9.17, 15) is 32.2 Å². The Kier molecular flexibility index (Phi) is 5.49. The number of aromatic hydroxyl groups is 1. The van der Waals surface area contributed by atoms with Gasteiger partial charge in [-0.2, -0.15) is 13.2 Å². The molecule has 174 valence electrons. The fraction of sp³-hybridized carbons (Fsp3) is 0.273. The standard InChI is InChI=1S/C22H17ClF5N3O2/c1-3-10-7-21(33,22(26,27)28)20(11-6-13(23)17(25)19(32)16(10)11)31-15-5-4-14(24)18-12(15)8-29-9(2)30-18/h3-6,8,20,31-33H,7H2,1-2H3. The van der Waals surface area contributed by atoms with Gasteiger partial charge in [0.1, 0.15) is 17.2 Å². The van der Waals surface area contributed by atoms with Crippen molar-refractivity contribution in [3.05, 3.63) is 64.1 Å². The van der Waals surface area contributed by atoms with Crippen LogP contribution in [0.1, 0.15) is 36.3 Å². The molecule has 1 aliphatic rings. The van der Waals surface area contributed by atoms with E-state index in [0.717, 1.165) is 12.1 Å². The smallest absolute Gasteiger partial charge is 0.419 e. The quantitative estimate of drug-likeness (QED) is 0.398. The normalized spacial score (nSPS) is 22.0. The van der Waals surface area contributed by atoms with Gasteiger partial charge in [0.05, 0.1) is 11.1 Å². The monoisotopic (exact) mass is 485 g/mol. The molecule has 0 saturated heterocycles. The van der Waals surface area contributed by atoms with Crippen LogP contribution in [-0.2, 0) is 0 Å². The lowest BCUT2D eigenvalue weighted by Gasteiger charge is -2.44. The molecule has 2 atom stereocenters.